The lowest BCUT2D eigenvalue weighted by atomic mass is 10.1. The van der Waals surface area contributed by atoms with Crippen molar-refractivity contribution < 1.29 is 17.6 Å². The van der Waals surface area contributed by atoms with Crippen LogP contribution >= 0.6 is 0 Å². The van der Waals surface area contributed by atoms with Crippen LogP contribution in [0.25, 0.3) is 0 Å². The summed E-state index contributed by atoms with van der Waals surface area (Å²) in [7, 11) is 0. The molecule has 2 nitrogen and oxygen atoms in total. The highest BCUT2D eigenvalue weighted by Crippen LogP contribution is 2.34. The molecular formula is C12H14F4N2. The Balaban J connectivity index is 2.29. The molecule has 1 N–H and O–H groups in total. The van der Waals surface area contributed by atoms with E-state index < -0.39 is 17.6 Å². The lowest BCUT2D eigenvalue weighted by Gasteiger charge is -2.34. The highest BCUT2D eigenvalue weighted by molar-refractivity contribution is 5.50. The second kappa shape index (κ2) is 4.76. The number of alkyl halides is 3. The molecule has 100 valence electrons. The Labute approximate surface area is 103 Å². The molecule has 1 atom stereocenters. The third-order valence-corrected chi connectivity index (χ3v) is 2.99. The van der Waals surface area contributed by atoms with Gasteiger partial charge in [0, 0.05) is 31.4 Å². The van der Waals surface area contributed by atoms with E-state index in [9.17, 15) is 17.6 Å². The largest absolute Gasteiger partial charge is 0.419 e. The fourth-order valence-electron chi connectivity index (χ4n) is 2.09. The van der Waals surface area contributed by atoms with Crippen LogP contribution in [0, 0.1) is 5.82 Å². The van der Waals surface area contributed by atoms with E-state index in [4.69, 9.17) is 0 Å². The Hall–Kier alpha value is -1.30. The molecule has 1 aromatic carbocycles. The number of piperazine rings is 1. The second-order valence-electron chi connectivity index (χ2n) is 4.46. The van der Waals surface area contributed by atoms with Crippen molar-refractivity contribution in [2.75, 3.05) is 24.5 Å². The Kier molecular flexibility index (Phi) is 3.47. The second-order valence-corrected chi connectivity index (χ2v) is 4.46. The SMILES string of the molecule is CC1CN(c2ccc(F)c(C(F)(F)F)c2)CCN1. The lowest BCUT2D eigenvalue weighted by molar-refractivity contribution is -0.139. The maximum absolute atomic E-state index is 13.2. The monoisotopic (exact) mass is 262 g/mol. The maximum Gasteiger partial charge on any atom is 0.419 e. The van der Waals surface area contributed by atoms with Crippen molar-refractivity contribution in [2.45, 2.75) is 19.1 Å². The van der Waals surface area contributed by atoms with Gasteiger partial charge in [-0.1, -0.05) is 0 Å². The molecule has 0 saturated carbocycles. The van der Waals surface area contributed by atoms with E-state index in [1.54, 1.807) is 0 Å². The van der Waals surface area contributed by atoms with Gasteiger partial charge in [-0.3, -0.25) is 0 Å². The highest BCUT2D eigenvalue weighted by Gasteiger charge is 2.34. The van der Waals surface area contributed by atoms with Gasteiger partial charge in [0.2, 0.25) is 0 Å². The van der Waals surface area contributed by atoms with Gasteiger partial charge in [-0.25, -0.2) is 4.39 Å². The van der Waals surface area contributed by atoms with Crippen LogP contribution in [0.4, 0.5) is 23.2 Å². The molecule has 2 rings (SSSR count). The number of anilines is 1. The first-order chi connectivity index (χ1) is 8.38. The fraction of sp³-hybridized carbons (Fsp3) is 0.500. The first-order valence-corrected chi connectivity index (χ1v) is 5.73. The van der Waals surface area contributed by atoms with Gasteiger partial charge in [0.05, 0.1) is 5.56 Å². The van der Waals surface area contributed by atoms with Crippen LogP contribution in [-0.4, -0.2) is 25.7 Å². The molecule has 1 fully saturated rings. The summed E-state index contributed by atoms with van der Waals surface area (Å²) < 4.78 is 51.0. The number of rotatable bonds is 1. The van der Waals surface area contributed by atoms with Gasteiger partial charge in [-0.05, 0) is 25.1 Å². The van der Waals surface area contributed by atoms with E-state index in [1.165, 1.54) is 6.07 Å². The minimum Gasteiger partial charge on any atom is -0.369 e. The predicted octanol–water partition coefficient (Wildman–Crippen LogP) is 2.64. The Morgan fingerprint density at radius 2 is 2.06 bits per heavy atom. The van der Waals surface area contributed by atoms with Crippen LogP contribution in [0.5, 0.6) is 0 Å². The Bertz CT molecular complexity index is 431. The molecule has 6 heteroatoms. The summed E-state index contributed by atoms with van der Waals surface area (Å²) in [6.45, 7) is 3.90. The molecule has 1 aliphatic heterocycles. The van der Waals surface area contributed by atoms with Gasteiger partial charge in [-0.15, -0.1) is 0 Å². The molecule has 0 radical (unpaired) electrons. The zero-order valence-electron chi connectivity index (χ0n) is 9.89. The lowest BCUT2D eigenvalue weighted by Crippen LogP contribution is -2.49. The topological polar surface area (TPSA) is 15.3 Å². The number of hydrogen-bond donors (Lipinski definition) is 1. The highest BCUT2D eigenvalue weighted by atomic mass is 19.4. The van der Waals surface area contributed by atoms with Crippen LogP contribution in [0.1, 0.15) is 12.5 Å². The molecule has 18 heavy (non-hydrogen) atoms. The molecule has 1 aromatic rings. The van der Waals surface area contributed by atoms with Gasteiger partial charge in [-0.2, -0.15) is 13.2 Å². The number of nitrogens with zero attached hydrogens (tertiary/aromatic N) is 1. The average molecular weight is 262 g/mol. The summed E-state index contributed by atoms with van der Waals surface area (Å²) in [4.78, 5) is 1.83. The van der Waals surface area contributed by atoms with Crippen molar-refractivity contribution in [2.24, 2.45) is 0 Å². The minimum absolute atomic E-state index is 0.207. The number of benzene rings is 1. The normalized spacial score (nSPS) is 21.2. The fourth-order valence-corrected chi connectivity index (χ4v) is 2.09. The van der Waals surface area contributed by atoms with Gasteiger partial charge in [0.15, 0.2) is 0 Å². The molecule has 1 saturated heterocycles. The quantitative estimate of drug-likeness (QED) is 0.783. The number of halogens is 4. The average Bonchev–Trinajstić information content (AvgIpc) is 2.28. The molecule has 0 aromatic heterocycles. The van der Waals surface area contributed by atoms with Crippen LogP contribution in [-0.2, 0) is 6.18 Å². The number of nitrogens with one attached hydrogen (secondary N) is 1. The summed E-state index contributed by atoms with van der Waals surface area (Å²) in [5, 5.41) is 3.20. The van der Waals surface area contributed by atoms with Crippen molar-refractivity contribution >= 4 is 5.69 Å². The van der Waals surface area contributed by atoms with E-state index in [1.807, 2.05) is 11.8 Å². The molecule has 1 aliphatic rings. The zero-order valence-corrected chi connectivity index (χ0v) is 9.89. The van der Waals surface area contributed by atoms with Crippen LogP contribution in [0.15, 0.2) is 18.2 Å². The smallest absolute Gasteiger partial charge is 0.369 e. The summed E-state index contributed by atoms with van der Waals surface area (Å²) in [5.74, 6) is -1.23. The minimum atomic E-state index is -4.65. The van der Waals surface area contributed by atoms with E-state index in [2.05, 4.69) is 5.32 Å². The predicted molar refractivity (Wildman–Crippen MR) is 61.1 cm³/mol. The molecule has 1 unspecified atom stereocenters. The van der Waals surface area contributed by atoms with Crippen molar-refractivity contribution in [1.29, 1.82) is 0 Å². The van der Waals surface area contributed by atoms with E-state index in [0.717, 1.165) is 12.1 Å². The summed E-state index contributed by atoms with van der Waals surface area (Å²) in [6.07, 6.45) is -4.65. The van der Waals surface area contributed by atoms with Crippen molar-refractivity contribution in [3.63, 3.8) is 0 Å². The molecular weight excluding hydrogens is 248 g/mol. The Morgan fingerprint density at radius 1 is 1.33 bits per heavy atom. The molecule has 1 heterocycles. The van der Waals surface area contributed by atoms with E-state index >= 15 is 0 Å². The van der Waals surface area contributed by atoms with Crippen LogP contribution in [0.2, 0.25) is 0 Å². The van der Waals surface area contributed by atoms with Crippen LogP contribution in [0.3, 0.4) is 0 Å². The third-order valence-electron chi connectivity index (χ3n) is 2.99. The van der Waals surface area contributed by atoms with Crippen LogP contribution < -0.4 is 10.2 Å². The van der Waals surface area contributed by atoms with Gasteiger partial charge in [0.1, 0.15) is 5.82 Å². The zero-order chi connectivity index (χ0) is 13.3. The first kappa shape index (κ1) is 13.1. The van der Waals surface area contributed by atoms with Crippen molar-refractivity contribution in [1.82, 2.24) is 5.32 Å². The number of hydrogen-bond acceptors (Lipinski definition) is 2. The summed E-state index contributed by atoms with van der Waals surface area (Å²) in [5.41, 5.74) is -0.789. The van der Waals surface area contributed by atoms with Crippen molar-refractivity contribution in [3.8, 4) is 0 Å². The first-order valence-electron chi connectivity index (χ1n) is 5.73. The van der Waals surface area contributed by atoms with Gasteiger partial charge >= 0.3 is 6.18 Å². The standard InChI is InChI=1S/C12H14F4N2/c1-8-7-18(5-4-17-8)9-2-3-11(13)10(6-9)12(14,15)16/h2-3,6,8,17H,4-5,7H2,1H3. The van der Waals surface area contributed by atoms with E-state index in [0.29, 0.717) is 25.3 Å². The Morgan fingerprint density at radius 3 is 2.67 bits per heavy atom. The van der Waals surface area contributed by atoms with Gasteiger partial charge in [0.25, 0.3) is 0 Å². The molecule has 0 bridgehead atoms. The molecule has 0 amide bonds. The van der Waals surface area contributed by atoms with Crippen molar-refractivity contribution in [3.05, 3.63) is 29.6 Å². The van der Waals surface area contributed by atoms with E-state index in [-0.39, 0.29) is 6.04 Å². The summed E-state index contributed by atoms with van der Waals surface area (Å²) in [6, 6.07) is 3.36. The third kappa shape index (κ3) is 2.75. The van der Waals surface area contributed by atoms with Gasteiger partial charge < -0.3 is 10.2 Å². The summed E-state index contributed by atoms with van der Waals surface area (Å²) >= 11 is 0. The molecule has 0 spiro atoms. The molecule has 0 aliphatic carbocycles. The maximum atomic E-state index is 13.2.